The maximum Gasteiger partial charge on any atom is 0.156 e. The van der Waals surface area contributed by atoms with Crippen molar-refractivity contribution < 1.29 is 13.5 Å². The van der Waals surface area contributed by atoms with Gasteiger partial charge in [-0.15, -0.1) is 0 Å². The predicted octanol–water partition coefficient (Wildman–Crippen LogP) is 0.397. The Labute approximate surface area is 106 Å². The van der Waals surface area contributed by atoms with Gasteiger partial charge in [0.1, 0.15) is 15.9 Å². The highest BCUT2D eigenvalue weighted by atomic mass is 32.2. The van der Waals surface area contributed by atoms with Gasteiger partial charge in [0, 0.05) is 12.5 Å². The molecule has 1 aromatic heterocycles. The van der Waals surface area contributed by atoms with Crippen LogP contribution in [-0.4, -0.2) is 39.8 Å². The van der Waals surface area contributed by atoms with Gasteiger partial charge in [-0.25, -0.2) is 18.1 Å². The Morgan fingerprint density at radius 1 is 1.22 bits per heavy atom. The summed E-state index contributed by atoms with van der Waals surface area (Å²) in [5.74, 6) is 1.93. The third-order valence-corrected chi connectivity index (χ3v) is 5.50. The fraction of sp³-hybridized carbons (Fsp3) is 0.818. The van der Waals surface area contributed by atoms with E-state index in [4.69, 9.17) is 0 Å². The van der Waals surface area contributed by atoms with Crippen molar-refractivity contribution in [2.45, 2.75) is 44.2 Å². The van der Waals surface area contributed by atoms with Gasteiger partial charge in [0.25, 0.3) is 0 Å². The van der Waals surface area contributed by atoms with Gasteiger partial charge in [0.2, 0.25) is 0 Å². The molecule has 2 aliphatic rings. The lowest BCUT2D eigenvalue weighted by Crippen LogP contribution is -2.22. The van der Waals surface area contributed by atoms with Gasteiger partial charge in [0.15, 0.2) is 11.6 Å². The molecule has 0 aromatic carbocycles. The molecule has 7 heteroatoms. The average molecular weight is 271 g/mol. The molecule has 3 heterocycles. The molecular weight excluding hydrogens is 254 g/mol. The number of nitrogens with zero attached hydrogens (tertiary/aromatic N) is 3. The van der Waals surface area contributed by atoms with Crippen LogP contribution in [0.3, 0.4) is 0 Å². The zero-order valence-electron chi connectivity index (χ0n) is 10.1. The van der Waals surface area contributed by atoms with Crippen molar-refractivity contribution in [2.75, 3.05) is 11.5 Å². The number of fused-ring (bicyclic) bond motifs is 1. The van der Waals surface area contributed by atoms with E-state index in [1.807, 2.05) is 0 Å². The van der Waals surface area contributed by atoms with Crippen LogP contribution in [0.2, 0.25) is 0 Å². The number of sulfone groups is 1. The molecule has 1 fully saturated rings. The molecule has 1 saturated heterocycles. The van der Waals surface area contributed by atoms with E-state index in [2.05, 4.69) is 10.1 Å². The second-order valence-corrected chi connectivity index (χ2v) is 7.44. The second kappa shape index (κ2) is 4.31. The molecule has 0 bridgehead atoms. The third-order valence-electron chi connectivity index (χ3n) is 3.78. The lowest BCUT2D eigenvalue weighted by Gasteiger charge is -2.18. The maximum atomic E-state index is 11.4. The number of aromatic nitrogens is 3. The molecule has 1 N–H and O–H groups in total. The molecule has 0 saturated carbocycles. The largest absolute Gasteiger partial charge is 0.385 e. The van der Waals surface area contributed by atoms with Crippen LogP contribution < -0.4 is 0 Å². The SMILES string of the molecule is O=S1(=O)CCC(c2nc3n(n2)CCCC3O)CC1. The maximum absolute atomic E-state index is 11.4. The quantitative estimate of drug-likeness (QED) is 0.799. The molecule has 1 atom stereocenters. The molecule has 0 amide bonds. The Hall–Kier alpha value is -0.950. The first-order valence-electron chi connectivity index (χ1n) is 6.38. The summed E-state index contributed by atoms with van der Waals surface area (Å²) in [5, 5.41) is 14.3. The molecule has 1 aromatic rings. The molecule has 0 spiro atoms. The van der Waals surface area contributed by atoms with Crippen LogP contribution in [0.25, 0.3) is 0 Å². The Kier molecular flexibility index (Phi) is 2.90. The summed E-state index contributed by atoms with van der Waals surface area (Å²) >= 11 is 0. The Morgan fingerprint density at radius 2 is 1.94 bits per heavy atom. The fourth-order valence-corrected chi connectivity index (χ4v) is 4.16. The van der Waals surface area contributed by atoms with Gasteiger partial charge < -0.3 is 5.11 Å². The first-order chi connectivity index (χ1) is 8.55. The Morgan fingerprint density at radius 3 is 2.61 bits per heavy atom. The summed E-state index contributed by atoms with van der Waals surface area (Å²) in [6, 6.07) is 0. The summed E-state index contributed by atoms with van der Waals surface area (Å²) in [6.45, 7) is 0.796. The average Bonchev–Trinajstić information content (AvgIpc) is 2.74. The smallest absolute Gasteiger partial charge is 0.156 e. The van der Waals surface area contributed by atoms with Crippen LogP contribution in [0.15, 0.2) is 0 Å². The van der Waals surface area contributed by atoms with Gasteiger partial charge in [-0.3, -0.25) is 0 Å². The molecule has 2 aliphatic heterocycles. The monoisotopic (exact) mass is 271 g/mol. The van der Waals surface area contributed by atoms with Crippen molar-refractivity contribution >= 4 is 9.84 Å². The first-order valence-corrected chi connectivity index (χ1v) is 8.20. The van der Waals surface area contributed by atoms with Gasteiger partial charge in [-0.1, -0.05) is 0 Å². The normalized spacial score (nSPS) is 27.9. The van der Waals surface area contributed by atoms with Crippen LogP contribution in [-0.2, 0) is 16.4 Å². The number of hydrogen-bond acceptors (Lipinski definition) is 5. The highest BCUT2D eigenvalue weighted by Crippen LogP contribution is 2.30. The number of rotatable bonds is 1. The minimum absolute atomic E-state index is 0.124. The zero-order valence-corrected chi connectivity index (χ0v) is 10.9. The molecule has 1 unspecified atom stereocenters. The highest BCUT2D eigenvalue weighted by Gasteiger charge is 2.30. The molecule has 6 nitrogen and oxygen atoms in total. The number of hydrogen-bond donors (Lipinski definition) is 1. The van der Waals surface area contributed by atoms with E-state index in [9.17, 15) is 13.5 Å². The Bertz CT molecular complexity index is 538. The predicted molar refractivity (Wildman–Crippen MR) is 64.8 cm³/mol. The highest BCUT2D eigenvalue weighted by molar-refractivity contribution is 7.91. The third kappa shape index (κ3) is 2.16. The van der Waals surface area contributed by atoms with Crippen LogP contribution in [0, 0.1) is 0 Å². The van der Waals surface area contributed by atoms with Crippen molar-refractivity contribution in [3.05, 3.63) is 11.6 Å². The van der Waals surface area contributed by atoms with Crippen LogP contribution in [0.5, 0.6) is 0 Å². The van der Waals surface area contributed by atoms with Crippen molar-refractivity contribution in [3.8, 4) is 0 Å². The number of aryl methyl sites for hydroxylation is 1. The van der Waals surface area contributed by atoms with E-state index >= 15 is 0 Å². The van der Waals surface area contributed by atoms with Crippen molar-refractivity contribution in [2.24, 2.45) is 0 Å². The summed E-state index contributed by atoms with van der Waals surface area (Å²) < 4.78 is 24.5. The molecule has 3 rings (SSSR count). The zero-order chi connectivity index (χ0) is 12.8. The molecule has 0 aliphatic carbocycles. The number of aliphatic hydroxyl groups is 1. The second-order valence-electron chi connectivity index (χ2n) is 5.14. The molecule has 0 radical (unpaired) electrons. The molecule has 100 valence electrons. The lowest BCUT2D eigenvalue weighted by molar-refractivity contribution is 0.130. The van der Waals surface area contributed by atoms with Crippen LogP contribution in [0.4, 0.5) is 0 Å². The first kappa shape index (κ1) is 12.1. The summed E-state index contributed by atoms with van der Waals surface area (Å²) in [4.78, 5) is 4.41. The van der Waals surface area contributed by atoms with Crippen LogP contribution >= 0.6 is 0 Å². The standard InChI is InChI=1S/C11H17N3O3S/c15-9-2-1-5-14-11(9)12-10(13-14)8-3-6-18(16,17)7-4-8/h8-9,15H,1-7H2. The minimum atomic E-state index is -2.85. The van der Waals surface area contributed by atoms with E-state index in [-0.39, 0.29) is 17.4 Å². The van der Waals surface area contributed by atoms with Gasteiger partial charge in [-0.05, 0) is 25.7 Å². The summed E-state index contributed by atoms with van der Waals surface area (Å²) in [6.07, 6.45) is 2.32. The van der Waals surface area contributed by atoms with Crippen molar-refractivity contribution in [1.29, 1.82) is 0 Å². The van der Waals surface area contributed by atoms with Crippen molar-refractivity contribution in [1.82, 2.24) is 14.8 Å². The van der Waals surface area contributed by atoms with Gasteiger partial charge in [-0.2, -0.15) is 5.10 Å². The van der Waals surface area contributed by atoms with Crippen molar-refractivity contribution in [3.63, 3.8) is 0 Å². The van der Waals surface area contributed by atoms with E-state index in [1.165, 1.54) is 0 Å². The summed E-state index contributed by atoms with van der Waals surface area (Å²) in [7, 11) is -2.85. The fourth-order valence-electron chi connectivity index (χ4n) is 2.67. The van der Waals surface area contributed by atoms with Gasteiger partial charge in [0.05, 0.1) is 11.5 Å². The van der Waals surface area contributed by atoms with E-state index in [0.29, 0.717) is 24.5 Å². The van der Waals surface area contributed by atoms with Gasteiger partial charge >= 0.3 is 0 Å². The Balaban J connectivity index is 1.82. The molecular formula is C11H17N3O3S. The van der Waals surface area contributed by atoms with E-state index < -0.39 is 15.9 Å². The van der Waals surface area contributed by atoms with E-state index in [1.54, 1.807) is 4.68 Å². The lowest BCUT2D eigenvalue weighted by atomic mass is 10.0. The summed E-state index contributed by atoms with van der Waals surface area (Å²) in [5.41, 5.74) is 0. The minimum Gasteiger partial charge on any atom is -0.385 e. The molecule has 18 heavy (non-hydrogen) atoms. The van der Waals surface area contributed by atoms with E-state index in [0.717, 1.165) is 19.4 Å². The topological polar surface area (TPSA) is 85.1 Å². The van der Waals surface area contributed by atoms with Crippen LogP contribution in [0.1, 0.15) is 49.4 Å². The number of aliphatic hydroxyl groups excluding tert-OH is 1.